The van der Waals surface area contributed by atoms with Crippen LogP contribution in [0.25, 0.3) is 0 Å². The summed E-state index contributed by atoms with van der Waals surface area (Å²) in [5, 5.41) is 3.57. The molecule has 0 saturated heterocycles. The van der Waals surface area contributed by atoms with E-state index in [1.54, 1.807) is 6.20 Å². The Labute approximate surface area is 167 Å². The molecule has 0 unspecified atom stereocenters. The summed E-state index contributed by atoms with van der Waals surface area (Å²) in [6.07, 6.45) is 2.95. The fourth-order valence-electron chi connectivity index (χ4n) is 3.63. The topological polar surface area (TPSA) is 37.4 Å². The van der Waals surface area contributed by atoms with Crippen molar-refractivity contribution in [3.05, 3.63) is 95.3 Å². The zero-order valence-corrected chi connectivity index (χ0v) is 16.2. The highest BCUT2D eigenvalue weighted by molar-refractivity contribution is 5.33. The summed E-state index contributed by atoms with van der Waals surface area (Å²) in [5.74, 6) is 0.924. The Morgan fingerprint density at radius 2 is 1.75 bits per heavy atom. The first-order valence-corrected chi connectivity index (χ1v) is 9.99. The van der Waals surface area contributed by atoms with E-state index in [9.17, 15) is 0 Å². The molecule has 28 heavy (non-hydrogen) atoms. The van der Waals surface area contributed by atoms with Gasteiger partial charge in [0.2, 0.25) is 0 Å². The van der Waals surface area contributed by atoms with Gasteiger partial charge in [-0.2, -0.15) is 0 Å². The number of fused-ring (bicyclic) bond motifs is 1. The fraction of sp³-hybridized carbons (Fsp3) is 0.292. The molecule has 0 radical (unpaired) electrons. The van der Waals surface area contributed by atoms with Gasteiger partial charge < -0.3 is 10.1 Å². The Kier molecular flexibility index (Phi) is 6.32. The second-order valence-electron chi connectivity index (χ2n) is 7.19. The van der Waals surface area contributed by atoms with Crippen LogP contribution in [-0.4, -0.2) is 29.5 Å². The van der Waals surface area contributed by atoms with E-state index in [2.05, 4.69) is 51.6 Å². The zero-order valence-electron chi connectivity index (χ0n) is 16.2. The molecule has 0 fully saturated rings. The lowest BCUT2D eigenvalue weighted by molar-refractivity contribution is 0.253. The number of nitrogens with one attached hydrogen (secondary N) is 1. The van der Waals surface area contributed by atoms with Gasteiger partial charge in [-0.05, 0) is 35.7 Å². The number of benzene rings is 2. The van der Waals surface area contributed by atoms with E-state index in [0.29, 0.717) is 6.61 Å². The summed E-state index contributed by atoms with van der Waals surface area (Å²) in [6, 6.07) is 22.9. The lowest BCUT2D eigenvalue weighted by atomic mass is 10.00. The summed E-state index contributed by atoms with van der Waals surface area (Å²) in [4.78, 5) is 6.85. The van der Waals surface area contributed by atoms with Gasteiger partial charge in [0.15, 0.2) is 0 Å². The third-order valence-electron chi connectivity index (χ3n) is 5.20. The molecule has 2 aromatic carbocycles. The lowest BCUT2D eigenvalue weighted by Crippen LogP contribution is -2.36. The molecule has 0 aliphatic carbocycles. The first-order chi connectivity index (χ1) is 13.9. The van der Waals surface area contributed by atoms with Crippen LogP contribution in [0.4, 0.5) is 0 Å². The van der Waals surface area contributed by atoms with Crippen LogP contribution in [0.3, 0.4) is 0 Å². The maximum atomic E-state index is 6.00. The van der Waals surface area contributed by atoms with Crippen LogP contribution in [0, 0.1) is 0 Å². The molecule has 0 spiro atoms. The van der Waals surface area contributed by atoms with E-state index >= 15 is 0 Å². The van der Waals surface area contributed by atoms with Gasteiger partial charge in [-0.3, -0.25) is 9.88 Å². The molecule has 1 aromatic heterocycles. The first-order valence-electron chi connectivity index (χ1n) is 9.99. The molecule has 1 aliphatic rings. The van der Waals surface area contributed by atoms with Crippen molar-refractivity contribution >= 4 is 0 Å². The predicted octanol–water partition coefficient (Wildman–Crippen LogP) is 3.81. The molecule has 4 heteroatoms. The average Bonchev–Trinajstić information content (AvgIpc) is 2.76. The number of aromatic nitrogens is 1. The Bertz CT molecular complexity index is 882. The molecular formula is C24H27N3O. The third-order valence-corrected chi connectivity index (χ3v) is 5.20. The Morgan fingerprint density at radius 3 is 2.64 bits per heavy atom. The molecule has 0 saturated carbocycles. The summed E-state index contributed by atoms with van der Waals surface area (Å²) in [6.45, 7) is 5.53. The fourth-order valence-corrected chi connectivity index (χ4v) is 3.63. The minimum absolute atomic E-state index is 0.491. The molecule has 4 nitrogen and oxygen atoms in total. The minimum Gasteiger partial charge on any atom is -0.487 e. The molecule has 0 amide bonds. The SMILES string of the molecule is c1ccc(COc2ccccc2CNCCN2CCc3ccccc3C2)nc1. The normalized spacial score (nSPS) is 13.9. The lowest BCUT2D eigenvalue weighted by Gasteiger charge is -2.28. The largest absolute Gasteiger partial charge is 0.487 e. The molecule has 1 aliphatic heterocycles. The van der Waals surface area contributed by atoms with Crippen LogP contribution < -0.4 is 10.1 Å². The number of rotatable bonds is 8. The monoisotopic (exact) mass is 373 g/mol. The Hall–Kier alpha value is -2.69. The Morgan fingerprint density at radius 1 is 0.929 bits per heavy atom. The van der Waals surface area contributed by atoms with Gasteiger partial charge in [-0.25, -0.2) is 0 Å². The van der Waals surface area contributed by atoms with Crippen molar-refractivity contribution in [3.8, 4) is 5.75 Å². The number of para-hydroxylation sites is 1. The summed E-state index contributed by atoms with van der Waals surface area (Å²) < 4.78 is 6.00. The molecule has 144 valence electrons. The zero-order chi connectivity index (χ0) is 19.0. The van der Waals surface area contributed by atoms with E-state index in [1.165, 1.54) is 16.7 Å². The number of hydrogen-bond acceptors (Lipinski definition) is 4. The van der Waals surface area contributed by atoms with E-state index in [1.807, 2.05) is 30.3 Å². The predicted molar refractivity (Wildman–Crippen MR) is 112 cm³/mol. The van der Waals surface area contributed by atoms with Crippen molar-refractivity contribution in [2.24, 2.45) is 0 Å². The van der Waals surface area contributed by atoms with Gasteiger partial charge in [0.25, 0.3) is 0 Å². The molecule has 0 bridgehead atoms. The molecule has 0 atom stereocenters. The van der Waals surface area contributed by atoms with Crippen LogP contribution >= 0.6 is 0 Å². The molecular weight excluding hydrogens is 346 g/mol. The van der Waals surface area contributed by atoms with Gasteiger partial charge in [-0.15, -0.1) is 0 Å². The molecule has 1 N–H and O–H groups in total. The maximum absolute atomic E-state index is 6.00. The number of pyridine rings is 1. The van der Waals surface area contributed by atoms with Gasteiger partial charge in [0, 0.05) is 44.5 Å². The van der Waals surface area contributed by atoms with Gasteiger partial charge in [0.05, 0.1) is 5.69 Å². The van der Waals surface area contributed by atoms with Gasteiger partial charge in [-0.1, -0.05) is 48.5 Å². The van der Waals surface area contributed by atoms with Crippen molar-refractivity contribution in [3.63, 3.8) is 0 Å². The highest BCUT2D eigenvalue weighted by Gasteiger charge is 2.14. The van der Waals surface area contributed by atoms with E-state index < -0.39 is 0 Å². The maximum Gasteiger partial charge on any atom is 0.130 e. The summed E-state index contributed by atoms with van der Waals surface area (Å²) >= 11 is 0. The number of nitrogens with zero attached hydrogens (tertiary/aromatic N) is 2. The quantitative estimate of drug-likeness (QED) is 0.610. The van der Waals surface area contributed by atoms with Crippen LogP contribution in [0.5, 0.6) is 5.75 Å². The van der Waals surface area contributed by atoms with Crippen LogP contribution in [0.1, 0.15) is 22.4 Å². The standard InChI is InChI=1S/C24H27N3O/c1-2-9-22-18-27(15-12-20(22)7-1)16-14-25-17-21-8-3-4-11-24(21)28-19-23-10-5-6-13-26-23/h1-11,13,25H,12,14-19H2. The van der Waals surface area contributed by atoms with Gasteiger partial charge >= 0.3 is 0 Å². The molecule has 2 heterocycles. The van der Waals surface area contributed by atoms with Crippen molar-refractivity contribution in [1.29, 1.82) is 0 Å². The Balaban J connectivity index is 1.24. The average molecular weight is 374 g/mol. The van der Waals surface area contributed by atoms with Crippen molar-refractivity contribution in [2.75, 3.05) is 19.6 Å². The molecule has 4 rings (SSSR count). The smallest absolute Gasteiger partial charge is 0.130 e. The van der Waals surface area contributed by atoms with E-state index in [4.69, 9.17) is 4.74 Å². The second kappa shape index (κ2) is 9.49. The van der Waals surface area contributed by atoms with E-state index in [-0.39, 0.29) is 0 Å². The first kappa shape index (κ1) is 18.7. The second-order valence-corrected chi connectivity index (χ2v) is 7.19. The number of ether oxygens (including phenoxy) is 1. The summed E-state index contributed by atoms with van der Waals surface area (Å²) in [7, 11) is 0. The third kappa shape index (κ3) is 4.97. The summed E-state index contributed by atoms with van der Waals surface area (Å²) in [5.41, 5.74) is 5.10. The van der Waals surface area contributed by atoms with Crippen LogP contribution in [0.2, 0.25) is 0 Å². The van der Waals surface area contributed by atoms with Gasteiger partial charge in [0.1, 0.15) is 12.4 Å². The van der Waals surface area contributed by atoms with Crippen molar-refractivity contribution < 1.29 is 4.74 Å². The minimum atomic E-state index is 0.491. The van der Waals surface area contributed by atoms with E-state index in [0.717, 1.165) is 50.6 Å². The number of hydrogen-bond donors (Lipinski definition) is 1. The van der Waals surface area contributed by atoms with Crippen LogP contribution in [-0.2, 0) is 26.1 Å². The molecule has 3 aromatic rings. The van der Waals surface area contributed by atoms with Crippen molar-refractivity contribution in [2.45, 2.75) is 26.1 Å². The van der Waals surface area contributed by atoms with Crippen molar-refractivity contribution in [1.82, 2.24) is 15.2 Å². The van der Waals surface area contributed by atoms with Crippen LogP contribution in [0.15, 0.2) is 72.9 Å². The highest BCUT2D eigenvalue weighted by atomic mass is 16.5. The highest BCUT2D eigenvalue weighted by Crippen LogP contribution is 2.20.